The van der Waals surface area contributed by atoms with E-state index >= 15 is 0 Å². The summed E-state index contributed by atoms with van der Waals surface area (Å²) < 4.78 is 0. The highest BCUT2D eigenvalue weighted by Crippen LogP contribution is 2.17. The number of hydrogen-bond donors (Lipinski definition) is 1. The first-order valence-corrected chi connectivity index (χ1v) is 6.38. The lowest BCUT2D eigenvalue weighted by Gasteiger charge is -2.16. The summed E-state index contributed by atoms with van der Waals surface area (Å²) in [5.41, 5.74) is 6.42. The summed E-state index contributed by atoms with van der Waals surface area (Å²) in [6.07, 6.45) is 0. The summed E-state index contributed by atoms with van der Waals surface area (Å²) in [5, 5.41) is 10.8. The van der Waals surface area contributed by atoms with Crippen molar-refractivity contribution < 1.29 is 0 Å². The molecule has 1 aromatic heterocycles. The largest absolute Gasteiger partial charge is 0.320 e. The summed E-state index contributed by atoms with van der Waals surface area (Å²) in [4.78, 5) is 3.38. The SMILES string of the molecule is CC(C#N)CN(C)Cc1sccc1C#CCN. The van der Waals surface area contributed by atoms with Gasteiger partial charge in [0, 0.05) is 23.5 Å². The third-order valence-electron chi connectivity index (χ3n) is 2.29. The van der Waals surface area contributed by atoms with Crippen molar-refractivity contribution in [3.8, 4) is 17.9 Å². The third kappa shape index (κ3) is 4.58. The van der Waals surface area contributed by atoms with E-state index in [1.807, 2.05) is 25.4 Å². The lowest BCUT2D eigenvalue weighted by atomic mass is 10.2. The molecule has 1 unspecified atom stereocenters. The van der Waals surface area contributed by atoms with Crippen LogP contribution in [0, 0.1) is 29.1 Å². The minimum absolute atomic E-state index is 0.0542. The normalized spacial score (nSPS) is 11.7. The number of rotatable bonds is 4. The third-order valence-corrected chi connectivity index (χ3v) is 3.20. The Morgan fingerprint density at radius 1 is 1.59 bits per heavy atom. The highest BCUT2D eigenvalue weighted by molar-refractivity contribution is 7.10. The smallest absolute Gasteiger partial charge is 0.0666 e. The molecule has 0 fully saturated rings. The van der Waals surface area contributed by atoms with E-state index in [0.717, 1.165) is 18.7 Å². The lowest BCUT2D eigenvalue weighted by Crippen LogP contribution is -2.23. The minimum Gasteiger partial charge on any atom is -0.320 e. The Balaban J connectivity index is 2.63. The number of nitrogens with two attached hydrogens (primary N) is 1. The molecule has 0 amide bonds. The second kappa shape index (κ2) is 7.09. The quantitative estimate of drug-likeness (QED) is 0.823. The molecule has 0 aromatic carbocycles. The van der Waals surface area contributed by atoms with Crippen LogP contribution in [0.1, 0.15) is 17.4 Å². The molecule has 3 nitrogen and oxygen atoms in total. The summed E-state index contributed by atoms with van der Waals surface area (Å²) in [5.74, 6) is 5.99. The van der Waals surface area contributed by atoms with E-state index in [0.29, 0.717) is 6.54 Å². The van der Waals surface area contributed by atoms with Crippen LogP contribution in [0.4, 0.5) is 0 Å². The van der Waals surface area contributed by atoms with Gasteiger partial charge in [0.2, 0.25) is 0 Å². The first kappa shape index (κ1) is 13.7. The van der Waals surface area contributed by atoms with Gasteiger partial charge < -0.3 is 5.73 Å². The molecule has 0 saturated heterocycles. The van der Waals surface area contributed by atoms with Gasteiger partial charge in [0.1, 0.15) is 0 Å². The predicted molar refractivity (Wildman–Crippen MR) is 71.4 cm³/mol. The van der Waals surface area contributed by atoms with Crippen LogP contribution in [0.5, 0.6) is 0 Å². The summed E-state index contributed by atoms with van der Waals surface area (Å²) >= 11 is 1.70. The van der Waals surface area contributed by atoms with Crippen molar-refractivity contribution in [2.75, 3.05) is 20.1 Å². The molecule has 1 rings (SSSR count). The predicted octanol–water partition coefficient (Wildman–Crippen LogP) is 1.65. The number of nitrogens with zero attached hydrogens (tertiary/aromatic N) is 2. The van der Waals surface area contributed by atoms with Crippen LogP contribution in [-0.2, 0) is 6.54 Å². The molecule has 4 heteroatoms. The van der Waals surface area contributed by atoms with Crippen molar-refractivity contribution >= 4 is 11.3 Å². The van der Waals surface area contributed by atoms with Gasteiger partial charge >= 0.3 is 0 Å². The summed E-state index contributed by atoms with van der Waals surface area (Å²) in [6, 6.07) is 4.26. The van der Waals surface area contributed by atoms with Gasteiger partial charge in [-0.3, -0.25) is 4.90 Å². The van der Waals surface area contributed by atoms with Crippen molar-refractivity contribution in [1.29, 1.82) is 5.26 Å². The highest BCUT2D eigenvalue weighted by atomic mass is 32.1. The minimum atomic E-state index is 0.0542. The van der Waals surface area contributed by atoms with Gasteiger partial charge in [0.15, 0.2) is 0 Å². The van der Waals surface area contributed by atoms with Crippen molar-refractivity contribution in [2.24, 2.45) is 11.7 Å². The van der Waals surface area contributed by atoms with Gasteiger partial charge in [-0.25, -0.2) is 0 Å². The highest BCUT2D eigenvalue weighted by Gasteiger charge is 2.08. The first-order valence-electron chi connectivity index (χ1n) is 5.50. The fourth-order valence-corrected chi connectivity index (χ4v) is 2.45. The Bertz CT molecular complexity index is 447. The second-order valence-corrected chi connectivity index (χ2v) is 4.99. The van der Waals surface area contributed by atoms with Gasteiger partial charge in [0.05, 0.1) is 18.5 Å². The molecular weight excluding hydrogens is 230 g/mol. The molecule has 1 aromatic rings. The van der Waals surface area contributed by atoms with E-state index in [4.69, 9.17) is 11.0 Å². The molecule has 0 aliphatic heterocycles. The van der Waals surface area contributed by atoms with E-state index in [-0.39, 0.29) is 5.92 Å². The molecule has 0 saturated carbocycles. The topological polar surface area (TPSA) is 53.0 Å². The van der Waals surface area contributed by atoms with E-state index in [9.17, 15) is 0 Å². The fourth-order valence-electron chi connectivity index (χ4n) is 1.54. The van der Waals surface area contributed by atoms with E-state index in [1.165, 1.54) is 4.88 Å². The first-order chi connectivity index (χ1) is 8.17. The average molecular weight is 247 g/mol. The molecular formula is C13H17N3S. The monoisotopic (exact) mass is 247 g/mol. The molecule has 0 aliphatic carbocycles. The van der Waals surface area contributed by atoms with Gasteiger partial charge in [-0.1, -0.05) is 11.8 Å². The van der Waals surface area contributed by atoms with Crippen LogP contribution in [-0.4, -0.2) is 25.0 Å². The maximum absolute atomic E-state index is 8.77. The number of hydrogen-bond acceptors (Lipinski definition) is 4. The van der Waals surface area contributed by atoms with Crippen LogP contribution in [0.2, 0.25) is 0 Å². The molecule has 0 aliphatic rings. The van der Waals surface area contributed by atoms with Gasteiger partial charge in [0.25, 0.3) is 0 Å². The van der Waals surface area contributed by atoms with Crippen LogP contribution in [0.25, 0.3) is 0 Å². The summed E-state index contributed by atoms with van der Waals surface area (Å²) in [6.45, 7) is 3.92. The Hall–Kier alpha value is -1.33. The van der Waals surface area contributed by atoms with Crippen LogP contribution < -0.4 is 5.73 Å². The Morgan fingerprint density at radius 3 is 3.00 bits per heavy atom. The molecule has 1 atom stereocenters. The Morgan fingerprint density at radius 2 is 2.35 bits per heavy atom. The maximum Gasteiger partial charge on any atom is 0.0666 e. The van der Waals surface area contributed by atoms with Crippen LogP contribution in [0.3, 0.4) is 0 Å². The summed E-state index contributed by atoms with van der Waals surface area (Å²) in [7, 11) is 2.02. The molecule has 1 heterocycles. The molecule has 90 valence electrons. The number of thiophene rings is 1. The van der Waals surface area contributed by atoms with E-state index in [1.54, 1.807) is 11.3 Å². The van der Waals surface area contributed by atoms with E-state index < -0.39 is 0 Å². The Labute approximate surface area is 107 Å². The van der Waals surface area contributed by atoms with Crippen molar-refractivity contribution in [2.45, 2.75) is 13.5 Å². The molecule has 2 N–H and O–H groups in total. The van der Waals surface area contributed by atoms with Crippen LogP contribution in [0.15, 0.2) is 11.4 Å². The van der Waals surface area contributed by atoms with Crippen LogP contribution >= 0.6 is 11.3 Å². The zero-order chi connectivity index (χ0) is 12.7. The van der Waals surface area contributed by atoms with Gasteiger partial charge in [-0.05, 0) is 25.4 Å². The molecule has 0 radical (unpaired) electrons. The molecule has 17 heavy (non-hydrogen) atoms. The van der Waals surface area contributed by atoms with Crippen molar-refractivity contribution in [3.05, 3.63) is 21.9 Å². The fraction of sp³-hybridized carbons (Fsp3) is 0.462. The Kier molecular flexibility index (Phi) is 5.72. The average Bonchev–Trinajstić information content (AvgIpc) is 2.73. The lowest BCUT2D eigenvalue weighted by molar-refractivity contribution is 0.305. The standard InChI is InChI=1S/C13H17N3S/c1-11(8-15)9-16(2)10-13-12(4-3-6-14)5-7-17-13/h5,7,11H,6,9-10,14H2,1-2H3. The zero-order valence-corrected chi connectivity index (χ0v) is 11.0. The van der Waals surface area contributed by atoms with Gasteiger partial charge in [-0.15, -0.1) is 11.3 Å². The second-order valence-electron chi connectivity index (χ2n) is 3.99. The molecule has 0 bridgehead atoms. The molecule has 0 spiro atoms. The maximum atomic E-state index is 8.77. The zero-order valence-electron chi connectivity index (χ0n) is 10.2. The number of nitriles is 1. The van der Waals surface area contributed by atoms with Crippen molar-refractivity contribution in [3.63, 3.8) is 0 Å². The van der Waals surface area contributed by atoms with Crippen molar-refractivity contribution in [1.82, 2.24) is 4.90 Å². The van der Waals surface area contributed by atoms with Gasteiger partial charge in [-0.2, -0.15) is 5.26 Å². The van der Waals surface area contributed by atoms with E-state index in [2.05, 4.69) is 22.8 Å².